The summed E-state index contributed by atoms with van der Waals surface area (Å²) in [6, 6.07) is 5.92. The van der Waals surface area contributed by atoms with Gasteiger partial charge in [0, 0.05) is 5.69 Å². The number of nitriles is 1. The highest BCUT2D eigenvalue weighted by atomic mass is 32.2. The van der Waals surface area contributed by atoms with Gasteiger partial charge in [-0.2, -0.15) is 5.26 Å². The van der Waals surface area contributed by atoms with Crippen molar-refractivity contribution in [1.29, 1.82) is 5.26 Å². The van der Waals surface area contributed by atoms with Gasteiger partial charge in [-0.1, -0.05) is 36.4 Å². The summed E-state index contributed by atoms with van der Waals surface area (Å²) in [6.45, 7) is 9.52. The van der Waals surface area contributed by atoms with Crippen LogP contribution in [0.3, 0.4) is 0 Å². The van der Waals surface area contributed by atoms with E-state index < -0.39 is 10.8 Å². The van der Waals surface area contributed by atoms with Crippen LogP contribution in [0, 0.1) is 32.1 Å². The first-order chi connectivity index (χ1) is 12.3. The van der Waals surface area contributed by atoms with Crippen LogP contribution in [-0.2, 0) is 11.2 Å². The average molecular weight is 370 g/mol. The van der Waals surface area contributed by atoms with E-state index in [-0.39, 0.29) is 11.5 Å². The smallest absolute Gasteiger partial charge is 0.269 e. The predicted molar refractivity (Wildman–Crippen MR) is 104 cm³/mol. The number of anilines is 1. The van der Waals surface area contributed by atoms with Crippen molar-refractivity contribution in [3.05, 3.63) is 50.4 Å². The minimum atomic E-state index is -0.473. The molecule has 0 saturated carbocycles. The Morgan fingerprint density at radius 1 is 1.35 bits per heavy atom. The minimum absolute atomic E-state index is 0.0276. The van der Waals surface area contributed by atoms with Gasteiger partial charge in [0.2, 0.25) is 5.91 Å². The van der Waals surface area contributed by atoms with E-state index in [0.717, 1.165) is 34.1 Å². The topological polar surface area (TPSA) is 98.6 Å². The van der Waals surface area contributed by atoms with Gasteiger partial charge in [-0.25, -0.2) is 4.98 Å². The number of aromatic nitrogens is 2. The van der Waals surface area contributed by atoms with Crippen LogP contribution < -0.4 is 10.9 Å². The number of amides is 1. The zero-order valence-corrected chi connectivity index (χ0v) is 16.4. The molecule has 2 N–H and O–H groups in total. The highest BCUT2D eigenvalue weighted by Gasteiger charge is 2.19. The highest BCUT2D eigenvalue weighted by molar-refractivity contribution is 8.00. The first kappa shape index (κ1) is 19.7. The van der Waals surface area contributed by atoms with Crippen LogP contribution in [0.4, 0.5) is 5.69 Å². The second-order valence-corrected chi connectivity index (χ2v) is 7.51. The average Bonchev–Trinajstić information content (AvgIpc) is 2.57. The number of carbonyl (C=O) groups excluding carboxylic acids is 1. The lowest BCUT2D eigenvalue weighted by atomic mass is 10.1. The number of benzene rings is 1. The standard InChI is InChI=1S/C19H22N4O2S/c1-6-15-14(9-20)18(25)23-19(21-15)26-13(5)17(24)22-16-11(3)7-10(2)8-12(16)4/h7-8,13H,6H2,1-5H3,(H,22,24)(H,21,23,25)/t13-/m1/s1. The summed E-state index contributed by atoms with van der Waals surface area (Å²) in [4.78, 5) is 31.4. The summed E-state index contributed by atoms with van der Waals surface area (Å²) >= 11 is 1.16. The van der Waals surface area contributed by atoms with Gasteiger partial charge in [0.15, 0.2) is 5.16 Å². The molecule has 7 heteroatoms. The minimum Gasteiger partial charge on any atom is -0.325 e. The molecule has 0 fully saturated rings. The van der Waals surface area contributed by atoms with E-state index in [0.29, 0.717) is 17.3 Å². The van der Waals surface area contributed by atoms with Crippen molar-refractivity contribution < 1.29 is 4.79 Å². The van der Waals surface area contributed by atoms with Crippen molar-refractivity contribution in [1.82, 2.24) is 9.97 Å². The number of nitrogens with zero attached hydrogens (tertiary/aromatic N) is 2. The third kappa shape index (κ3) is 4.33. The van der Waals surface area contributed by atoms with Gasteiger partial charge in [-0.3, -0.25) is 9.59 Å². The van der Waals surface area contributed by atoms with E-state index in [1.807, 2.05) is 45.9 Å². The molecule has 1 aromatic carbocycles. The fraction of sp³-hybridized carbons (Fsp3) is 0.368. The van der Waals surface area contributed by atoms with E-state index in [1.165, 1.54) is 0 Å². The van der Waals surface area contributed by atoms with Crippen molar-refractivity contribution in [2.45, 2.75) is 51.4 Å². The number of hydrogen-bond donors (Lipinski definition) is 2. The number of aryl methyl sites for hydroxylation is 4. The lowest BCUT2D eigenvalue weighted by molar-refractivity contribution is -0.115. The normalized spacial score (nSPS) is 11.7. The fourth-order valence-electron chi connectivity index (χ4n) is 2.75. The molecule has 0 bridgehead atoms. The molecule has 1 atom stereocenters. The molecule has 0 saturated heterocycles. The SMILES string of the molecule is CCc1nc(S[C@H](C)C(=O)Nc2c(C)cc(C)cc2C)[nH]c(=O)c1C#N. The zero-order valence-electron chi connectivity index (χ0n) is 15.6. The monoisotopic (exact) mass is 370 g/mol. The summed E-state index contributed by atoms with van der Waals surface area (Å²) in [5.74, 6) is -0.171. The Kier molecular flexibility index (Phi) is 6.22. The van der Waals surface area contributed by atoms with Gasteiger partial charge in [0.1, 0.15) is 11.6 Å². The summed E-state index contributed by atoms with van der Waals surface area (Å²) in [7, 11) is 0. The molecule has 2 aromatic rings. The zero-order chi connectivity index (χ0) is 19.4. The lowest BCUT2D eigenvalue weighted by Crippen LogP contribution is -2.24. The molecular formula is C19H22N4O2S. The second kappa shape index (κ2) is 8.19. The molecule has 0 aliphatic carbocycles. The van der Waals surface area contributed by atoms with E-state index >= 15 is 0 Å². The largest absolute Gasteiger partial charge is 0.325 e. The maximum absolute atomic E-state index is 12.6. The van der Waals surface area contributed by atoms with Crippen LogP contribution in [0.2, 0.25) is 0 Å². The number of thioether (sulfide) groups is 1. The maximum Gasteiger partial charge on any atom is 0.269 e. The van der Waals surface area contributed by atoms with Gasteiger partial charge in [0.05, 0.1) is 10.9 Å². The third-order valence-corrected chi connectivity index (χ3v) is 4.99. The molecule has 0 spiro atoms. The van der Waals surface area contributed by atoms with Gasteiger partial charge in [-0.15, -0.1) is 0 Å². The van der Waals surface area contributed by atoms with Crippen molar-refractivity contribution in [2.24, 2.45) is 0 Å². The van der Waals surface area contributed by atoms with E-state index in [2.05, 4.69) is 15.3 Å². The second-order valence-electron chi connectivity index (χ2n) is 6.18. The van der Waals surface area contributed by atoms with Crippen molar-refractivity contribution in [3.63, 3.8) is 0 Å². The van der Waals surface area contributed by atoms with Crippen LogP contribution >= 0.6 is 11.8 Å². The Hall–Kier alpha value is -2.59. The summed E-state index contributed by atoms with van der Waals surface area (Å²) < 4.78 is 0. The molecular weight excluding hydrogens is 348 g/mol. The molecule has 1 aromatic heterocycles. The first-order valence-electron chi connectivity index (χ1n) is 8.35. The van der Waals surface area contributed by atoms with Crippen LogP contribution in [-0.4, -0.2) is 21.1 Å². The quantitative estimate of drug-likeness (QED) is 0.622. The Labute approximate surface area is 157 Å². The van der Waals surface area contributed by atoms with E-state index in [9.17, 15) is 9.59 Å². The molecule has 2 rings (SSSR count). The van der Waals surface area contributed by atoms with Crippen molar-refractivity contribution in [3.8, 4) is 6.07 Å². The summed E-state index contributed by atoms with van der Waals surface area (Å²) in [5.41, 5.74) is 3.96. The number of aromatic amines is 1. The molecule has 6 nitrogen and oxygen atoms in total. The molecule has 0 aliphatic heterocycles. The van der Waals surface area contributed by atoms with Crippen LogP contribution in [0.15, 0.2) is 22.1 Å². The van der Waals surface area contributed by atoms with Gasteiger partial charge in [-0.05, 0) is 45.2 Å². The molecule has 0 aliphatic rings. The molecule has 1 heterocycles. The number of hydrogen-bond acceptors (Lipinski definition) is 5. The summed E-state index contributed by atoms with van der Waals surface area (Å²) in [5, 5.41) is 11.9. The van der Waals surface area contributed by atoms with Crippen molar-refractivity contribution in [2.75, 3.05) is 5.32 Å². The van der Waals surface area contributed by atoms with Crippen molar-refractivity contribution >= 4 is 23.4 Å². The number of rotatable bonds is 5. The van der Waals surface area contributed by atoms with E-state index in [1.54, 1.807) is 6.92 Å². The third-order valence-electron chi connectivity index (χ3n) is 4.00. The number of H-pyrrole nitrogens is 1. The lowest BCUT2D eigenvalue weighted by Gasteiger charge is -2.16. The number of nitrogens with one attached hydrogen (secondary N) is 2. The Bertz CT molecular complexity index is 921. The Morgan fingerprint density at radius 2 is 1.96 bits per heavy atom. The van der Waals surface area contributed by atoms with Crippen LogP contribution in [0.25, 0.3) is 0 Å². The summed E-state index contributed by atoms with van der Waals surface area (Å²) in [6.07, 6.45) is 0.475. The van der Waals surface area contributed by atoms with Gasteiger partial charge in [0.25, 0.3) is 5.56 Å². The Morgan fingerprint density at radius 3 is 2.50 bits per heavy atom. The first-order valence-corrected chi connectivity index (χ1v) is 9.23. The molecule has 136 valence electrons. The van der Waals surface area contributed by atoms with Gasteiger partial charge >= 0.3 is 0 Å². The molecule has 1 amide bonds. The van der Waals surface area contributed by atoms with Crippen LogP contribution in [0.1, 0.15) is 41.8 Å². The number of carbonyl (C=O) groups is 1. The molecule has 0 radical (unpaired) electrons. The maximum atomic E-state index is 12.6. The molecule has 0 unspecified atom stereocenters. The fourth-order valence-corrected chi connectivity index (χ4v) is 3.56. The van der Waals surface area contributed by atoms with Gasteiger partial charge < -0.3 is 10.3 Å². The highest BCUT2D eigenvalue weighted by Crippen LogP contribution is 2.25. The predicted octanol–water partition coefficient (Wildman–Crippen LogP) is 3.25. The molecule has 26 heavy (non-hydrogen) atoms. The van der Waals surface area contributed by atoms with E-state index in [4.69, 9.17) is 5.26 Å². The van der Waals surface area contributed by atoms with Crippen LogP contribution in [0.5, 0.6) is 0 Å². The Balaban J connectivity index is 2.19.